The molecule has 4 aliphatic rings. The Kier molecular flexibility index (Phi) is 4.00. The van der Waals surface area contributed by atoms with Crippen LogP contribution >= 0.6 is 0 Å². The van der Waals surface area contributed by atoms with E-state index in [4.69, 9.17) is 0 Å². The Morgan fingerprint density at radius 1 is 1.16 bits per heavy atom. The van der Waals surface area contributed by atoms with E-state index in [1.54, 1.807) is 18.6 Å². The summed E-state index contributed by atoms with van der Waals surface area (Å²) >= 11 is 0. The molecule has 158 valence electrons. The van der Waals surface area contributed by atoms with Crippen LogP contribution in [0.1, 0.15) is 37.3 Å². The summed E-state index contributed by atoms with van der Waals surface area (Å²) < 4.78 is 29.5. The number of pyridine rings is 1. The van der Waals surface area contributed by atoms with E-state index in [0.29, 0.717) is 23.8 Å². The zero-order valence-corrected chi connectivity index (χ0v) is 16.8. The molecule has 2 atom stereocenters. The summed E-state index contributed by atoms with van der Waals surface area (Å²) in [6, 6.07) is 6.89. The Labute approximate surface area is 177 Å². The van der Waals surface area contributed by atoms with Gasteiger partial charge < -0.3 is 0 Å². The zero-order valence-electron chi connectivity index (χ0n) is 16.8. The van der Waals surface area contributed by atoms with Gasteiger partial charge in [-0.1, -0.05) is 0 Å². The van der Waals surface area contributed by atoms with Gasteiger partial charge in [-0.25, -0.2) is 13.8 Å². The van der Waals surface area contributed by atoms with Gasteiger partial charge in [-0.05, 0) is 60.9 Å². The molecule has 0 saturated heterocycles. The number of halogens is 2. The predicted molar refractivity (Wildman–Crippen MR) is 110 cm³/mol. The molecule has 3 heterocycles. The maximum atomic E-state index is 13.7. The average molecular weight is 421 g/mol. The molecular formula is C23H21F2N5O. The highest BCUT2D eigenvalue weighted by atomic mass is 19.1. The number of nitrogens with zero attached hydrogens (tertiary/aromatic N) is 5. The first-order valence-corrected chi connectivity index (χ1v) is 10.6. The number of rotatable bonds is 4. The number of hydrogen-bond donors (Lipinski definition) is 0. The fraction of sp³-hybridized carbons (Fsp3) is 0.391. The molecule has 6 nitrogen and oxygen atoms in total. The van der Waals surface area contributed by atoms with Crippen LogP contribution < -0.4 is 0 Å². The van der Waals surface area contributed by atoms with E-state index < -0.39 is 23.1 Å². The van der Waals surface area contributed by atoms with Crippen LogP contribution in [0.4, 0.5) is 8.78 Å². The minimum absolute atomic E-state index is 0.0262. The summed E-state index contributed by atoms with van der Waals surface area (Å²) in [5, 5.41) is 10.2. The first-order valence-electron chi connectivity index (χ1n) is 10.6. The predicted octanol–water partition coefficient (Wildman–Crippen LogP) is 4.09. The second-order valence-corrected chi connectivity index (χ2v) is 9.05. The van der Waals surface area contributed by atoms with Crippen molar-refractivity contribution in [2.75, 3.05) is 0 Å². The second-order valence-electron chi connectivity index (χ2n) is 9.05. The van der Waals surface area contributed by atoms with E-state index in [0.717, 1.165) is 42.9 Å². The van der Waals surface area contributed by atoms with Gasteiger partial charge in [0, 0.05) is 31.4 Å². The van der Waals surface area contributed by atoms with E-state index in [1.165, 1.54) is 17.1 Å². The van der Waals surface area contributed by atoms with E-state index >= 15 is 0 Å². The highest BCUT2D eigenvalue weighted by Crippen LogP contribution is 2.63. The summed E-state index contributed by atoms with van der Waals surface area (Å²) in [5.41, 5.74) is 1.89. The molecule has 3 aliphatic carbocycles. The monoisotopic (exact) mass is 421 g/mol. The van der Waals surface area contributed by atoms with Gasteiger partial charge in [-0.2, -0.15) is 10.2 Å². The SMILES string of the molecule is O=C(N1N=CCC1c1cc(F)cc(F)c1)C12CC(Cn3ncc4ncccc43)C(C1)C2. The highest BCUT2D eigenvalue weighted by molar-refractivity contribution is 5.87. The lowest BCUT2D eigenvalue weighted by atomic mass is 9.68. The normalized spacial score (nSPS) is 29.0. The van der Waals surface area contributed by atoms with E-state index in [1.807, 2.05) is 16.8 Å². The first-order chi connectivity index (χ1) is 15.0. The smallest absolute Gasteiger partial charge is 0.249 e. The fourth-order valence-electron chi connectivity index (χ4n) is 5.77. The van der Waals surface area contributed by atoms with Crippen molar-refractivity contribution in [2.45, 2.75) is 38.3 Å². The molecule has 8 heteroatoms. The number of fused-ring (bicyclic) bond motifs is 2. The van der Waals surface area contributed by atoms with Crippen LogP contribution in [0.3, 0.4) is 0 Å². The summed E-state index contributed by atoms with van der Waals surface area (Å²) in [5.74, 6) is -0.460. The van der Waals surface area contributed by atoms with E-state index in [2.05, 4.69) is 15.2 Å². The maximum absolute atomic E-state index is 13.7. The number of carbonyl (C=O) groups is 1. The Bertz CT molecular complexity index is 1200. The number of benzene rings is 1. The lowest BCUT2D eigenvalue weighted by Gasteiger charge is -2.40. The minimum Gasteiger partial charge on any atom is -0.272 e. The van der Waals surface area contributed by atoms with Gasteiger partial charge in [-0.3, -0.25) is 14.5 Å². The Morgan fingerprint density at radius 3 is 2.77 bits per heavy atom. The Hall–Kier alpha value is -3.16. The first kappa shape index (κ1) is 18.6. The minimum atomic E-state index is -0.641. The van der Waals surface area contributed by atoms with Crippen molar-refractivity contribution in [3.05, 3.63) is 59.9 Å². The van der Waals surface area contributed by atoms with Crippen LogP contribution in [0.15, 0.2) is 47.8 Å². The second kappa shape index (κ2) is 6.67. The summed E-state index contributed by atoms with van der Waals surface area (Å²) in [7, 11) is 0. The van der Waals surface area contributed by atoms with Crippen LogP contribution in [0.25, 0.3) is 11.0 Å². The third-order valence-corrected chi connectivity index (χ3v) is 7.21. The quantitative estimate of drug-likeness (QED) is 0.638. The Balaban J connectivity index is 1.21. The van der Waals surface area contributed by atoms with Crippen molar-refractivity contribution in [3.63, 3.8) is 0 Å². The molecule has 1 amide bonds. The molecule has 0 spiro atoms. The van der Waals surface area contributed by atoms with Gasteiger partial charge in [0.2, 0.25) is 5.91 Å². The summed E-state index contributed by atoms with van der Waals surface area (Å²) in [6.07, 6.45) is 8.11. The molecule has 2 bridgehead atoms. The summed E-state index contributed by atoms with van der Waals surface area (Å²) in [4.78, 5) is 17.8. The van der Waals surface area contributed by atoms with Crippen LogP contribution in [-0.4, -0.2) is 31.9 Å². The topological polar surface area (TPSA) is 63.4 Å². The molecule has 1 aliphatic heterocycles. The molecule has 0 N–H and O–H groups in total. The number of amides is 1. The van der Waals surface area contributed by atoms with Crippen molar-refractivity contribution in [1.82, 2.24) is 19.8 Å². The van der Waals surface area contributed by atoms with Crippen molar-refractivity contribution in [3.8, 4) is 0 Å². The standard InChI is InChI=1S/C23H21F2N5O/c24-17-6-14(7-18(25)8-17)20-3-5-27-30(20)22(31)23-9-15(10-23)16(11-23)13-29-21-2-1-4-26-19(21)12-28-29/h1-2,4-8,12,15-16,20H,3,9-11,13H2. The molecule has 3 fully saturated rings. The van der Waals surface area contributed by atoms with Gasteiger partial charge in [0.1, 0.15) is 17.2 Å². The van der Waals surface area contributed by atoms with Gasteiger partial charge >= 0.3 is 0 Å². The third kappa shape index (κ3) is 2.88. The lowest BCUT2D eigenvalue weighted by Crippen LogP contribution is -2.45. The van der Waals surface area contributed by atoms with E-state index in [-0.39, 0.29) is 5.91 Å². The number of hydrogen-bond acceptors (Lipinski definition) is 4. The van der Waals surface area contributed by atoms with Crippen molar-refractivity contribution in [1.29, 1.82) is 0 Å². The van der Waals surface area contributed by atoms with Crippen LogP contribution in [0, 0.1) is 28.9 Å². The highest BCUT2D eigenvalue weighted by Gasteiger charge is 2.61. The molecular weight excluding hydrogens is 400 g/mol. The van der Waals surface area contributed by atoms with Gasteiger partial charge in [0.05, 0.1) is 23.2 Å². The number of aromatic nitrogens is 3. The molecule has 31 heavy (non-hydrogen) atoms. The molecule has 3 saturated carbocycles. The largest absolute Gasteiger partial charge is 0.272 e. The van der Waals surface area contributed by atoms with Crippen molar-refractivity contribution in [2.24, 2.45) is 22.4 Å². The van der Waals surface area contributed by atoms with Crippen LogP contribution in [0.2, 0.25) is 0 Å². The lowest BCUT2D eigenvalue weighted by molar-refractivity contribution is -0.148. The van der Waals surface area contributed by atoms with Crippen molar-refractivity contribution >= 4 is 23.2 Å². The molecule has 1 aromatic carbocycles. The molecule has 2 aromatic heterocycles. The number of hydrazone groups is 1. The molecule has 2 unspecified atom stereocenters. The molecule has 7 rings (SSSR count). The van der Waals surface area contributed by atoms with Gasteiger partial charge in [-0.15, -0.1) is 0 Å². The van der Waals surface area contributed by atoms with E-state index in [9.17, 15) is 13.6 Å². The van der Waals surface area contributed by atoms with Gasteiger partial charge in [0.15, 0.2) is 0 Å². The zero-order chi connectivity index (χ0) is 21.2. The van der Waals surface area contributed by atoms with Crippen molar-refractivity contribution < 1.29 is 13.6 Å². The van der Waals surface area contributed by atoms with Crippen LogP contribution in [0.5, 0.6) is 0 Å². The molecule has 3 aromatic rings. The maximum Gasteiger partial charge on any atom is 0.249 e. The third-order valence-electron chi connectivity index (χ3n) is 7.21. The van der Waals surface area contributed by atoms with Gasteiger partial charge in [0.25, 0.3) is 0 Å². The fourth-order valence-corrected chi connectivity index (χ4v) is 5.77. The molecule has 0 radical (unpaired) electrons. The number of carbonyl (C=O) groups excluding carboxylic acids is 1. The Morgan fingerprint density at radius 2 is 1.97 bits per heavy atom. The average Bonchev–Trinajstić information content (AvgIpc) is 3.49. The van der Waals surface area contributed by atoms with Crippen LogP contribution in [-0.2, 0) is 11.3 Å². The summed E-state index contributed by atoms with van der Waals surface area (Å²) in [6.45, 7) is 0.761.